The van der Waals surface area contributed by atoms with Gasteiger partial charge in [-0.3, -0.25) is 4.57 Å². The van der Waals surface area contributed by atoms with Crippen LogP contribution < -0.4 is 0 Å². The topological polar surface area (TPSA) is 46.5 Å². The normalized spacial score (nSPS) is 15.1. The summed E-state index contributed by atoms with van der Waals surface area (Å²) >= 11 is 0. The van der Waals surface area contributed by atoms with Gasteiger partial charge in [0.1, 0.15) is 0 Å². The van der Waals surface area contributed by atoms with E-state index in [-0.39, 0.29) is 6.61 Å². The van der Waals surface area contributed by atoms with Gasteiger partial charge in [0.25, 0.3) is 0 Å². The molecule has 0 aromatic heterocycles. The maximum Gasteiger partial charge on any atom is 0.335 e. The van der Waals surface area contributed by atoms with Crippen LogP contribution in [0.15, 0.2) is 54.6 Å². The van der Waals surface area contributed by atoms with Crippen LogP contribution in [0.1, 0.15) is 48.5 Å². The minimum atomic E-state index is -3.73. The van der Waals surface area contributed by atoms with Gasteiger partial charge in [0.05, 0.1) is 12.3 Å². The second-order valence-corrected chi connectivity index (χ2v) is 7.90. The van der Waals surface area contributed by atoms with Crippen molar-refractivity contribution < 1.29 is 14.0 Å². The predicted molar refractivity (Wildman–Crippen MR) is 94.5 cm³/mol. The van der Waals surface area contributed by atoms with Gasteiger partial charge in [0.2, 0.25) is 0 Å². The number of aryl methyl sites for hydroxylation is 1. The van der Waals surface area contributed by atoms with E-state index >= 15 is 0 Å². The van der Waals surface area contributed by atoms with E-state index in [9.17, 15) is 9.46 Å². The number of rotatable bonds is 8. The average Bonchev–Trinajstić information content (AvgIpc) is 2.55. The molecule has 0 heterocycles. The van der Waals surface area contributed by atoms with E-state index in [0.717, 1.165) is 29.5 Å². The maximum atomic E-state index is 12.8. The highest BCUT2D eigenvalue weighted by molar-refractivity contribution is 7.53. The monoisotopic (exact) mass is 332 g/mol. The molecule has 0 amide bonds. The zero-order chi connectivity index (χ0) is 16.7. The standard InChI is InChI=1S/C19H25O3P/c1-3-4-10-19(18-8-6-5-7-9-18)23(20,21)22-15-17-13-11-16(2)12-14-17/h5-9,11-14,19H,3-4,10,15H2,1-2H3,(H,20,21). The smallest absolute Gasteiger partial charge is 0.324 e. The quantitative estimate of drug-likeness (QED) is 0.637. The summed E-state index contributed by atoms with van der Waals surface area (Å²) in [5.74, 6) is 0. The lowest BCUT2D eigenvalue weighted by atomic mass is 10.1. The minimum absolute atomic E-state index is 0.156. The highest BCUT2D eigenvalue weighted by Crippen LogP contribution is 2.59. The van der Waals surface area contributed by atoms with Gasteiger partial charge in [-0.1, -0.05) is 79.9 Å². The van der Waals surface area contributed by atoms with E-state index in [1.54, 1.807) is 0 Å². The summed E-state index contributed by atoms with van der Waals surface area (Å²) < 4.78 is 18.3. The van der Waals surface area contributed by atoms with Gasteiger partial charge in [-0.2, -0.15) is 0 Å². The van der Waals surface area contributed by atoms with E-state index in [0.29, 0.717) is 6.42 Å². The summed E-state index contributed by atoms with van der Waals surface area (Å²) in [5, 5.41) is 0. The Bertz CT molecular complexity index is 637. The van der Waals surface area contributed by atoms with Crippen molar-refractivity contribution in [3.63, 3.8) is 0 Å². The van der Waals surface area contributed by atoms with E-state index in [4.69, 9.17) is 4.52 Å². The molecule has 3 nitrogen and oxygen atoms in total. The molecule has 4 heteroatoms. The Kier molecular flexibility index (Phi) is 6.59. The summed E-state index contributed by atoms with van der Waals surface area (Å²) in [6.07, 6.45) is 2.54. The number of hydrogen-bond donors (Lipinski definition) is 1. The Morgan fingerprint density at radius 2 is 1.74 bits per heavy atom. The number of hydrogen-bond acceptors (Lipinski definition) is 2. The molecule has 2 rings (SSSR count). The van der Waals surface area contributed by atoms with Crippen molar-refractivity contribution in [3.8, 4) is 0 Å². The first-order valence-corrected chi connectivity index (χ1v) is 9.75. The minimum Gasteiger partial charge on any atom is -0.324 e. The van der Waals surface area contributed by atoms with Crippen LogP contribution in [0.2, 0.25) is 0 Å². The molecule has 0 aliphatic rings. The molecule has 0 aliphatic heterocycles. The van der Waals surface area contributed by atoms with Crippen LogP contribution in [0.25, 0.3) is 0 Å². The fourth-order valence-electron chi connectivity index (χ4n) is 2.53. The zero-order valence-corrected chi connectivity index (χ0v) is 14.7. The van der Waals surface area contributed by atoms with E-state index in [2.05, 4.69) is 6.92 Å². The van der Waals surface area contributed by atoms with Gasteiger partial charge in [0, 0.05) is 0 Å². The van der Waals surface area contributed by atoms with Crippen molar-refractivity contribution in [1.29, 1.82) is 0 Å². The first-order valence-electron chi connectivity index (χ1n) is 8.10. The molecule has 124 valence electrons. The van der Waals surface area contributed by atoms with E-state index in [1.807, 2.05) is 61.5 Å². The summed E-state index contributed by atoms with van der Waals surface area (Å²) in [7, 11) is -3.73. The van der Waals surface area contributed by atoms with Gasteiger partial charge in [-0.05, 0) is 24.5 Å². The molecule has 1 N–H and O–H groups in total. The van der Waals surface area contributed by atoms with Gasteiger partial charge in [-0.25, -0.2) is 0 Å². The highest BCUT2D eigenvalue weighted by atomic mass is 31.2. The second-order valence-electron chi connectivity index (χ2n) is 5.89. The van der Waals surface area contributed by atoms with Crippen LogP contribution in [-0.2, 0) is 15.7 Å². The molecular weight excluding hydrogens is 307 g/mol. The largest absolute Gasteiger partial charge is 0.335 e. The molecule has 0 saturated carbocycles. The van der Waals surface area contributed by atoms with Gasteiger partial charge < -0.3 is 9.42 Å². The molecule has 23 heavy (non-hydrogen) atoms. The van der Waals surface area contributed by atoms with Gasteiger partial charge >= 0.3 is 7.60 Å². The zero-order valence-electron chi connectivity index (χ0n) is 13.8. The third-order valence-corrected chi connectivity index (χ3v) is 5.79. The molecular formula is C19H25O3P. The molecule has 0 bridgehead atoms. The Balaban J connectivity index is 2.12. The van der Waals surface area contributed by atoms with Crippen molar-refractivity contribution in [2.24, 2.45) is 0 Å². The van der Waals surface area contributed by atoms with Crippen LogP contribution in [0.3, 0.4) is 0 Å². The van der Waals surface area contributed by atoms with Crippen molar-refractivity contribution in [2.45, 2.75) is 45.4 Å². The SMILES string of the molecule is CCCCC(c1ccccc1)P(=O)(O)OCc1ccc(C)cc1. The number of benzene rings is 2. The molecule has 0 saturated heterocycles. The van der Waals surface area contributed by atoms with E-state index < -0.39 is 13.3 Å². The fraction of sp³-hybridized carbons (Fsp3) is 0.368. The molecule has 2 unspecified atom stereocenters. The summed E-state index contributed by atoms with van der Waals surface area (Å²) in [6, 6.07) is 17.3. The van der Waals surface area contributed by atoms with E-state index in [1.165, 1.54) is 0 Å². The lowest BCUT2D eigenvalue weighted by Gasteiger charge is -2.23. The fourth-order valence-corrected chi connectivity index (χ4v) is 4.10. The predicted octanol–water partition coefficient (Wildman–Crippen LogP) is 5.63. The lowest BCUT2D eigenvalue weighted by molar-refractivity contribution is 0.240. The van der Waals surface area contributed by atoms with Crippen molar-refractivity contribution in [3.05, 3.63) is 71.3 Å². The van der Waals surface area contributed by atoms with Crippen molar-refractivity contribution >= 4 is 7.60 Å². The van der Waals surface area contributed by atoms with Crippen LogP contribution in [0.5, 0.6) is 0 Å². The maximum absolute atomic E-state index is 12.8. The summed E-state index contributed by atoms with van der Waals surface area (Å²) in [4.78, 5) is 10.5. The Labute approximate surface area is 138 Å². The van der Waals surface area contributed by atoms with Crippen LogP contribution >= 0.6 is 7.60 Å². The molecule has 0 fully saturated rings. The van der Waals surface area contributed by atoms with Crippen LogP contribution in [0, 0.1) is 6.92 Å². The molecule has 2 atom stereocenters. The summed E-state index contributed by atoms with van der Waals surface area (Å²) in [5.41, 5.74) is 2.48. The third kappa shape index (κ3) is 5.31. The van der Waals surface area contributed by atoms with Crippen molar-refractivity contribution in [1.82, 2.24) is 0 Å². The van der Waals surface area contributed by atoms with Crippen LogP contribution in [0.4, 0.5) is 0 Å². The van der Waals surface area contributed by atoms with Crippen molar-refractivity contribution in [2.75, 3.05) is 0 Å². The van der Waals surface area contributed by atoms with Crippen LogP contribution in [-0.4, -0.2) is 4.89 Å². The third-order valence-electron chi connectivity index (χ3n) is 3.95. The van der Waals surface area contributed by atoms with Gasteiger partial charge in [-0.15, -0.1) is 0 Å². The second kappa shape index (κ2) is 8.44. The lowest BCUT2D eigenvalue weighted by Crippen LogP contribution is -2.04. The first-order chi connectivity index (χ1) is 11.0. The molecule has 0 aliphatic carbocycles. The summed E-state index contributed by atoms with van der Waals surface area (Å²) in [6.45, 7) is 4.25. The van der Waals surface area contributed by atoms with Gasteiger partial charge in [0.15, 0.2) is 0 Å². The highest BCUT2D eigenvalue weighted by Gasteiger charge is 2.33. The number of unbranched alkanes of at least 4 members (excludes halogenated alkanes) is 1. The average molecular weight is 332 g/mol. The Morgan fingerprint density at radius 3 is 2.35 bits per heavy atom. The Hall–Kier alpha value is -1.41. The molecule has 0 radical (unpaired) electrons. The molecule has 2 aromatic rings. The molecule has 0 spiro atoms. The first kappa shape index (κ1) is 17.9. The molecule has 2 aromatic carbocycles. The Morgan fingerprint density at radius 1 is 1.09 bits per heavy atom.